The number of halogens is 4. The number of hydrogen-bond acceptors (Lipinski definition) is 4. The minimum absolute atomic E-state index is 0.0857. The van der Waals surface area contributed by atoms with Gasteiger partial charge in [0.1, 0.15) is 16.7 Å². The third kappa shape index (κ3) is 3.65. The van der Waals surface area contributed by atoms with E-state index in [9.17, 15) is 4.39 Å². The third-order valence-electron chi connectivity index (χ3n) is 3.70. The lowest BCUT2D eigenvalue weighted by atomic mass is 10.0. The Balaban J connectivity index is 2.13. The molecule has 0 amide bonds. The molecular formula is C18H13Cl3FN3O. The van der Waals surface area contributed by atoms with Crippen molar-refractivity contribution in [1.29, 1.82) is 0 Å². The molecule has 0 radical (unpaired) electrons. The lowest BCUT2D eigenvalue weighted by molar-refractivity contribution is 0.415. The summed E-state index contributed by atoms with van der Waals surface area (Å²) in [6, 6.07) is 9.41. The van der Waals surface area contributed by atoms with Crippen molar-refractivity contribution in [3.63, 3.8) is 0 Å². The van der Waals surface area contributed by atoms with Gasteiger partial charge in [0.15, 0.2) is 0 Å². The highest BCUT2D eigenvalue weighted by molar-refractivity contribution is 6.36. The lowest BCUT2D eigenvalue weighted by Crippen LogP contribution is -2.02. The predicted molar refractivity (Wildman–Crippen MR) is 105 cm³/mol. The molecule has 3 N–H and O–H groups in total. The van der Waals surface area contributed by atoms with Crippen molar-refractivity contribution in [3.8, 4) is 16.9 Å². The zero-order valence-corrected chi connectivity index (χ0v) is 15.8. The minimum atomic E-state index is -0.588. The van der Waals surface area contributed by atoms with Crippen molar-refractivity contribution >= 4 is 51.9 Å². The molecule has 0 aliphatic rings. The molecule has 1 heterocycles. The second-order valence-corrected chi connectivity index (χ2v) is 6.55. The van der Waals surface area contributed by atoms with Crippen molar-refractivity contribution in [2.45, 2.75) is 0 Å². The van der Waals surface area contributed by atoms with E-state index in [-0.39, 0.29) is 21.6 Å². The van der Waals surface area contributed by atoms with Crippen molar-refractivity contribution in [1.82, 2.24) is 4.98 Å². The van der Waals surface area contributed by atoms with Crippen molar-refractivity contribution in [2.75, 3.05) is 18.2 Å². The van der Waals surface area contributed by atoms with Gasteiger partial charge in [-0.25, -0.2) is 9.37 Å². The Labute approximate surface area is 164 Å². The summed E-state index contributed by atoms with van der Waals surface area (Å²) in [5, 5.41) is 3.78. The lowest BCUT2D eigenvalue weighted by Gasteiger charge is -2.16. The first-order valence-corrected chi connectivity index (χ1v) is 8.54. The van der Waals surface area contributed by atoms with E-state index in [1.54, 1.807) is 31.4 Å². The zero-order chi connectivity index (χ0) is 18.8. The van der Waals surface area contributed by atoms with Gasteiger partial charge in [0.2, 0.25) is 0 Å². The molecule has 0 bridgehead atoms. The van der Waals surface area contributed by atoms with Crippen molar-refractivity contribution in [2.24, 2.45) is 0 Å². The maximum absolute atomic E-state index is 14.3. The van der Waals surface area contributed by atoms with Crippen molar-refractivity contribution < 1.29 is 9.13 Å². The first-order chi connectivity index (χ1) is 12.4. The second kappa shape index (κ2) is 7.58. The number of hydrogen-bond donors (Lipinski definition) is 2. The number of methoxy groups -OCH3 is 1. The van der Waals surface area contributed by atoms with E-state index in [0.717, 1.165) is 0 Å². The maximum Gasteiger partial charge on any atom is 0.150 e. The predicted octanol–water partition coefficient (Wildman–Crippen LogP) is 6.18. The van der Waals surface area contributed by atoms with Gasteiger partial charge in [-0.05, 0) is 36.4 Å². The topological polar surface area (TPSA) is 60.2 Å². The molecule has 0 aliphatic heterocycles. The fourth-order valence-corrected chi connectivity index (χ4v) is 3.22. The Morgan fingerprint density at radius 3 is 2.54 bits per heavy atom. The van der Waals surface area contributed by atoms with Gasteiger partial charge in [-0.1, -0.05) is 34.8 Å². The number of ether oxygens (including phenoxy) is 1. The summed E-state index contributed by atoms with van der Waals surface area (Å²) in [5.74, 6) is 0.0102. The first kappa shape index (κ1) is 18.6. The van der Waals surface area contributed by atoms with Crippen LogP contribution in [-0.2, 0) is 0 Å². The fourth-order valence-electron chi connectivity index (χ4n) is 2.48. The van der Waals surface area contributed by atoms with Crippen molar-refractivity contribution in [3.05, 3.63) is 63.6 Å². The van der Waals surface area contributed by atoms with E-state index >= 15 is 0 Å². The summed E-state index contributed by atoms with van der Waals surface area (Å²) in [7, 11) is 1.54. The molecule has 0 saturated carbocycles. The van der Waals surface area contributed by atoms with Crippen LogP contribution in [0.3, 0.4) is 0 Å². The highest BCUT2D eigenvalue weighted by Gasteiger charge is 2.17. The molecule has 26 heavy (non-hydrogen) atoms. The van der Waals surface area contributed by atoms with E-state index in [1.165, 1.54) is 18.3 Å². The first-order valence-electron chi connectivity index (χ1n) is 7.40. The molecule has 0 fully saturated rings. The van der Waals surface area contributed by atoms with E-state index in [0.29, 0.717) is 27.6 Å². The van der Waals surface area contributed by atoms with Crippen LogP contribution < -0.4 is 15.8 Å². The van der Waals surface area contributed by atoms with Gasteiger partial charge in [-0.15, -0.1) is 0 Å². The third-order valence-corrected chi connectivity index (χ3v) is 4.51. The number of nitrogens with one attached hydrogen (secondary N) is 1. The molecule has 1 aromatic heterocycles. The summed E-state index contributed by atoms with van der Waals surface area (Å²) in [4.78, 5) is 4.09. The maximum atomic E-state index is 14.3. The van der Waals surface area contributed by atoms with Crippen LogP contribution >= 0.6 is 34.8 Å². The molecule has 134 valence electrons. The van der Waals surface area contributed by atoms with Gasteiger partial charge < -0.3 is 15.8 Å². The minimum Gasteiger partial charge on any atom is -0.497 e. The molecule has 0 saturated heterocycles. The number of aromatic nitrogens is 1. The highest BCUT2D eigenvalue weighted by Crippen LogP contribution is 2.41. The number of anilines is 3. The van der Waals surface area contributed by atoms with Gasteiger partial charge in [0.25, 0.3) is 0 Å². The summed E-state index contributed by atoms with van der Waals surface area (Å²) in [5.41, 5.74) is 7.75. The van der Waals surface area contributed by atoms with Gasteiger partial charge in [-0.3, -0.25) is 0 Å². The summed E-state index contributed by atoms with van der Waals surface area (Å²) >= 11 is 18.5. The molecule has 4 nitrogen and oxygen atoms in total. The fraction of sp³-hybridized carbons (Fsp3) is 0.0556. The molecular weight excluding hydrogens is 400 g/mol. The summed E-state index contributed by atoms with van der Waals surface area (Å²) in [6.45, 7) is 0. The van der Waals surface area contributed by atoms with Crippen LogP contribution in [0, 0.1) is 5.82 Å². The Hall–Kier alpha value is -2.21. The second-order valence-electron chi connectivity index (χ2n) is 5.35. The molecule has 0 unspecified atom stereocenters. The molecule has 3 rings (SSSR count). The number of benzene rings is 2. The average Bonchev–Trinajstić information content (AvgIpc) is 2.58. The summed E-state index contributed by atoms with van der Waals surface area (Å²) < 4.78 is 19.4. The normalized spacial score (nSPS) is 10.7. The Morgan fingerprint density at radius 2 is 1.88 bits per heavy atom. The summed E-state index contributed by atoms with van der Waals surface area (Å²) in [6.07, 6.45) is 1.50. The molecule has 0 atom stereocenters. The zero-order valence-electron chi connectivity index (χ0n) is 13.5. The largest absolute Gasteiger partial charge is 0.497 e. The number of nitrogen functional groups attached to an aromatic ring is 1. The SMILES string of the molecule is COc1ccc(-c2c(Nc3c(N)cc(Cl)cc3F)ccnc2Cl)c(Cl)c1. The van der Waals surface area contributed by atoms with Gasteiger partial charge >= 0.3 is 0 Å². The van der Waals surface area contributed by atoms with Gasteiger partial charge in [-0.2, -0.15) is 0 Å². The molecule has 0 spiro atoms. The van der Waals surface area contributed by atoms with E-state index < -0.39 is 5.82 Å². The van der Waals surface area contributed by atoms with E-state index in [4.69, 9.17) is 45.3 Å². The van der Waals surface area contributed by atoms with Crippen LogP contribution in [-0.4, -0.2) is 12.1 Å². The Kier molecular flexibility index (Phi) is 5.41. The number of nitrogens with two attached hydrogens (primary N) is 1. The quantitative estimate of drug-likeness (QED) is 0.396. The Morgan fingerprint density at radius 1 is 1.12 bits per heavy atom. The van der Waals surface area contributed by atoms with Crippen LogP contribution in [0.1, 0.15) is 0 Å². The monoisotopic (exact) mass is 411 g/mol. The van der Waals surface area contributed by atoms with Crippen LogP contribution in [0.15, 0.2) is 42.6 Å². The van der Waals surface area contributed by atoms with E-state index in [2.05, 4.69) is 10.3 Å². The van der Waals surface area contributed by atoms with Gasteiger partial charge in [0, 0.05) is 22.3 Å². The number of pyridine rings is 1. The highest BCUT2D eigenvalue weighted by atomic mass is 35.5. The molecule has 8 heteroatoms. The van der Waals surface area contributed by atoms with Crippen LogP contribution in [0.2, 0.25) is 15.2 Å². The molecule has 3 aromatic rings. The van der Waals surface area contributed by atoms with Gasteiger partial charge in [0.05, 0.1) is 29.2 Å². The van der Waals surface area contributed by atoms with Crippen LogP contribution in [0.25, 0.3) is 11.1 Å². The number of nitrogens with zero attached hydrogens (tertiary/aromatic N) is 1. The standard InChI is InChI=1S/C18H13Cl3FN3O/c1-26-10-2-3-11(12(20)8-10)16-15(4-5-24-18(16)21)25-17-13(22)6-9(19)7-14(17)23/h2-8H,23H2,1H3,(H,24,25). The average molecular weight is 413 g/mol. The number of rotatable bonds is 4. The van der Waals surface area contributed by atoms with Crippen LogP contribution in [0.5, 0.6) is 5.75 Å². The molecule has 2 aromatic carbocycles. The van der Waals surface area contributed by atoms with Crippen LogP contribution in [0.4, 0.5) is 21.5 Å². The van der Waals surface area contributed by atoms with E-state index in [1.807, 2.05) is 0 Å². The molecule has 0 aliphatic carbocycles. The smallest absolute Gasteiger partial charge is 0.150 e. The Bertz CT molecular complexity index is 959.